The molecule has 114 valence electrons. The van der Waals surface area contributed by atoms with E-state index in [1.54, 1.807) is 6.20 Å². The van der Waals surface area contributed by atoms with Crippen molar-refractivity contribution in [1.29, 1.82) is 0 Å². The van der Waals surface area contributed by atoms with E-state index in [0.717, 1.165) is 30.9 Å². The monoisotopic (exact) mass is 278 g/mol. The van der Waals surface area contributed by atoms with Gasteiger partial charge in [-0.3, -0.25) is 4.98 Å². The van der Waals surface area contributed by atoms with E-state index in [9.17, 15) is 0 Å². The van der Waals surface area contributed by atoms with E-state index in [1.807, 2.05) is 12.3 Å². The molecule has 0 aliphatic carbocycles. The van der Waals surface area contributed by atoms with Crippen molar-refractivity contribution in [2.45, 2.75) is 71.9 Å². The minimum Gasteiger partial charge on any atom is -0.493 e. The minimum absolute atomic E-state index is 0.474. The second-order valence-corrected chi connectivity index (χ2v) is 5.64. The molecule has 0 bridgehead atoms. The molecule has 20 heavy (non-hydrogen) atoms. The van der Waals surface area contributed by atoms with Crippen LogP contribution in [0.4, 0.5) is 0 Å². The summed E-state index contributed by atoms with van der Waals surface area (Å²) >= 11 is 0. The average molecular weight is 278 g/mol. The summed E-state index contributed by atoms with van der Waals surface area (Å²) < 4.78 is 5.90. The quantitative estimate of drug-likeness (QED) is 0.612. The van der Waals surface area contributed by atoms with Gasteiger partial charge >= 0.3 is 0 Å². The van der Waals surface area contributed by atoms with Crippen molar-refractivity contribution in [1.82, 2.24) is 10.3 Å². The van der Waals surface area contributed by atoms with Gasteiger partial charge in [0.25, 0.3) is 0 Å². The van der Waals surface area contributed by atoms with E-state index in [2.05, 4.69) is 31.1 Å². The number of hydrogen-bond donors (Lipinski definition) is 1. The summed E-state index contributed by atoms with van der Waals surface area (Å²) in [6.45, 7) is 8.17. The van der Waals surface area contributed by atoms with Crippen molar-refractivity contribution < 1.29 is 4.74 Å². The molecule has 1 heterocycles. The number of nitrogens with one attached hydrogen (secondary N) is 1. The van der Waals surface area contributed by atoms with Crippen LogP contribution in [0.25, 0.3) is 0 Å². The van der Waals surface area contributed by atoms with Crippen molar-refractivity contribution in [3.05, 3.63) is 24.0 Å². The number of rotatable bonds is 11. The molecule has 0 spiro atoms. The molecule has 3 nitrogen and oxygen atoms in total. The maximum atomic E-state index is 5.90. The smallest absolute Gasteiger partial charge is 0.126 e. The van der Waals surface area contributed by atoms with Crippen LogP contribution in [0.1, 0.15) is 64.9 Å². The largest absolute Gasteiger partial charge is 0.493 e. The highest BCUT2D eigenvalue weighted by molar-refractivity contribution is 5.29. The van der Waals surface area contributed by atoms with Crippen LogP contribution >= 0.6 is 0 Å². The molecule has 0 radical (unpaired) electrons. The first-order valence-corrected chi connectivity index (χ1v) is 8.03. The van der Waals surface area contributed by atoms with Crippen molar-refractivity contribution in [3.8, 4) is 5.75 Å². The van der Waals surface area contributed by atoms with Gasteiger partial charge in [0, 0.05) is 30.5 Å². The third kappa shape index (κ3) is 7.49. The average Bonchev–Trinajstić information content (AvgIpc) is 2.45. The second-order valence-electron chi connectivity index (χ2n) is 5.64. The van der Waals surface area contributed by atoms with Crippen molar-refractivity contribution in [2.75, 3.05) is 6.61 Å². The molecule has 1 aromatic rings. The van der Waals surface area contributed by atoms with E-state index in [-0.39, 0.29) is 0 Å². The van der Waals surface area contributed by atoms with Gasteiger partial charge in [0.2, 0.25) is 0 Å². The molecule has 0 saturated carbocycles. The van der Waals surface area contributed by atoms with Gasteiger partial charge in [-0.15, -0.1) is 0 Å². The Morgan fingerprint density at radius 3 is 2.65 bits per heavy atom. The van der Waals surface area contributed by atoms with Gasteiger partial charge in [-0.25, -0.2) is 0 Å². The molecule has 0 aromatic carbocycles. The summed E-state index contributed by atoms with van der Waals surface area (Å²) in [5.41, 5.74) is 1.15. The van der Waals surface area contributed by atoms with Crippen LogP contribution < -0.4 is 10.1 Å². The second kappa shape index (κ2) is 10.7. The highest BCUT2D eigenvalue weighted by atomic mass is 16.5. The normalized spacial score (nSPS) is 11.0. The topological polar surface area (TPSA) is 34.1 Å². The van der Waals surface area contributed by atoms with Gasteiger partial charge in [0.1, 0.15) is 5.75 Å². The number of pyridine rings is 1. The van der Waals surface area contributed by atoms with E-state index in [1.165, 1.54) is 32.1 Å². The van der Waals surface area contributed by atoms with Gasteiger partial charge in [-0.2, -0.15) is 0 Å². The Labute approximate surface area is 124 Å². The molecule has 0 saturated heterocycles. The summed E-state index contributed by atoms with van der Waals surface area (Å²) in [5.74, 6) is 0.974. The maximum absolute atomic E-state index is 5.90. The Morgan fingerprint density at radius 2 is 1.90 bits per heavy atom. The van der Waals surface area contributed by atoms with Crippen molar-refractivity contribution >= 4 is 0 Å². The van der Waals surface area contributed by atoms with Crippen LogP contribution in [0.2, 0.25) is 0 Å². The highest BCUT2D eigenvalue weighted by Crippen LogP contribution is 2.17. The zero-order valence-electron chi connectivity index (χ0n) is 13.3. The molecule has 3 heteroatoms. The Bertz CT molecular complexity index is 353. The third-order valence-corrected chi connectivity index (χ3v) is 3.32. The van der Waals surface area contributed by atoms with Crippen LogP contribution in [0.5, 0.6) is 5.75 Å². The Hall–Kier alpha value is -1.09. The predicted octanol–water partition coefficient (Wildman–Crippen LogP) is 4.32. The summed E-state index contributed by atoms with van der Waals surface area (Å²) in [5, 5.41) is 3.41. The number of unbranched alkanes of at least 4 members (excludes halogenated alkanes) is 5. The summed E-state index contributed by atoms with van der Waals surface area (Å²) in [6.07, 6.45) is 11.5. The lowest BCUT2D eigenvalue weighted by atomic mass is 10.1. The predicted molar refractivity (Wildman–Crippen MR) is 85.1 cm³/mol. The fourth-order valence-corrected chi connectivity index (χ4v) is 2.07. The van der Waals surface area contributed by atoms with Crippen LogP contribution in [-0.2, 0) is 6.54 Å². The zero-order chi connectivity index (χ0) is 14.6. The van der Waals surface area contributed by atoms with E-state index in [0.29, 0.717) is 6.04 Å². The molecule has 1 N–H and O–H groups in total. The van der Waals surface area contributed by atoms with Crippen molar-refractivity contribution in [2.24, 2.45) is 0 Å². The Kier molecular flexibility index (Phi) is 9.05. The molecule has 0 amide bonds. The van der Waals surface area contributed by atoms with E-state index < -0.39 is 0 Å². The molecule has 0 atom stereocenters. The van der Waals surface area contributed by atoms with Crippen LogP contribution in [0.3, 0.4) is 0 Å². The van der Waals surface area contributed by atoms with Gasteiger partial charge in [0.15, 0.2) is 0 Å². The van der Waals surface area contributed by atoms with E-state index >= 15 is 0 Å². The van der Waals surface area contributed by atoms with Crippen LogP contribution in [0, 0.1) is 0 Å². The molecular weight excluding hydrogens is 248 g/mol. The third-order valence-electron chi connectivity index (χ3n) is 3.32. The minimum atomic E-state index is 0.474. The molecule has 0 aliphatic heterocycles. The van der Waals surface area contributed by atoms with Crippen LogP contribution in [-0.4, -0.2) is 17.6 Å². The molecular formula is C17H30N2O. The summed E-state index contributed by atoms with van der Waals surface area (Å²) in [6, 6.07) is 2.44. The molecule has 1 aromatic heterocycles. The standard InChI is InChI=1S/C17H30N2O/c1-4-5-6-7-8-9-12-20-17-10-11-18-13-16(17)14-19-15(2)3/h10-11,13,15,19H,4-9,12,14H2,1-3H3. The zero-order valence-corrected chi connectivity index (χ0v) is 13.3. The molecule has 0 fully saturated rings. The van der Waals surface area contributed by atoms with E-state index in [4.69, 9.17) is 4.74 Å². The van der Waals surface area contributed by atoms with Gasteiger partial charge < -0.3 is 10.1 Å². The summed E-state index contributed by atoms with van der Waals surface area (Å²) in [4.78, 5) is 4.18. The first kappa shape index (κ1) is 17.0. The number of ether oxygens (including phenoxy) is 1. The number of hydrogen-bond acceptors (Lipinski definition) is 3. The lowest BCUT2D eigenvalue weighted by Crippen LogP contribution is -2.22. The van der Waals surface area contributed by atoms with Crippen LogP contribution in [0.15, 0.2) is 18.5 Å². The molecule has 0 aliphatic rings. The first-order valence-electron chi connectivity index (χ1n) is 8.03. The number of nitrogens with zero attached hydrogens (tertiary/aromatic N) is 1. The highest BCUT2D eigenvalue weighted by Gasteiger charge is 2.04. The fraction of sp³-hybridized carbons (Fsp3) is 0.706. The van der Waals surface area contributed by atoms with Crippen molar-refractivity contribution in [3.63, 3.8) is 0 Å². The maximum Gasteiger partial charge on any atom is 0.126 e. The number of aromatic nitrogens is 1. The molecule has 0 unspecified atom stereocenters. The first-order chi connectivity index (χ1) is 9.74. The van der Waals surface area contributed by atoms with Gasteiger partial charge in [0.05, 0.1) is 6.61 Å². The Balaban J connectivity index is 2.25. The van der Waals surface area contributed by atoms with Gasteiger partial charge in [-0.05, 0) is 12.5 Å². The molecule has 1 rings (SSSR count). The SMILES string of the molecule is CCCCCCCCOc1ccncc1CNC(C)C. The van der Waals surface area contributed by atoms with Gasteiger partial charge in [-0.1, -0.05) is 52.9 Å². The lowest BCUT2D eigenvalue weighted by Gasteiger charge is -2.13. The Morgan fingerprint density at radius 1 is 1.15 bits per heavy atom. The summed E-state index contributed by atoms with van der Waals surface area (Å²) in [7, 11) is 0. The fourth-order valence-electron chi connectivity index (χ4n) is 2.07. The lowest BCUT2D eigenvalue weighted by molar-refractivity contribution is 0.300.